The first-order valence-electron chi connectivity index (χ1n) is 7.20. The van der Waals surface area contributed by atoms with Gasteiger partial charge >= 0.3 is 0 Å². The molecule has 0 aliphatic heterocycles. The van der Waals surface area contributed by atoms with E-state index in [4.69, 9.17) is 0 Å². The fourth-order valence-electron chi connectivity index (χ4n) is 2.79. The van der Waals surface area contributed by atoms with Gasteiger partial charge in [-0.3, -0.25) is 0 Å². The van der Waals surface area contributed by atoms with E-state index >= 15 is 0 Å². The lowest BCUT2D eigenvalue weighted by atomic mass is 10.1. The first-order valence-corrected chi connectivity index (χ1v) is 8.75. The second kappa shape index (κ2) is 6.70. The monoisotopic (exact) mass is 296 g/mol. The van der Waals surface area contributed by atoms with E-state index in [1.807, 2.05) is 49.3 Å². The van der Waals surface area contributed by atoms with Crippen molar-refractivity contribution in [1.29, 1.82) is 0 Å². The third-order valence-electron chi connectivity index (χ3n) is 4.03. The van der Waals surface area contributed by atoms with Gasteiger partial charge in [-0.15, -0.1) is 0 Å². The number of hydrogen-bond donors (Lipinski definition) is 1. The van der Waals surface area contributed by atoms with Gasteiger partial charge in [-0.1, -0.05) is 43.2 Å². The number of benzene rings is 1. The maximum Gasteiger partial charge on any atom is 0.214 e. The molecule has 0 amide bonds. The van der Waals surface area contributed by atoms with E-state index < -0.39 is 10.0 Å². The fourth-order valence-corrected chi connectivity index (χ4v) is 4.37. The molecular formula is C15H24N2O2S. The van der Waals surface area contributed by atoms with Crippen molar-refractivity contribution in [3.63, 3.8) is 0 Å². The first kappa shape index (κ1) is 15.5. The van der Waals surface area contributed by atoms with Gasteiger partial charge in [0.2, 0.25) is 10.0 Å². The molecule has 0 heterocycles. The zero-order valence-corrected chi connectivity index (χ0v) is 13.1. The van der Waals surface area contributed by atoms with Gasteiger partial charge in [0.05, 0.1) is 5.25 Å². The summed E-state index contributed by atoms with van der Waals surface area (Å²) in [6, 6.07) is 10.1. The Kier molecular flexibility index (Phi) is 5.18. The largest absolute Gasteiger partial charge is 0.301 e. The summed E-state index contributed by atoms with van der Waals surface area (Å²) in [6.07, 6.45) is 3.66. The summed E-state index contributed by atoms with van der Waals surface area (Å²) in [6.45, 7) is 0.426. The SMILES string of the molecule is CN(C)C(CNS(=O)(=O)C1CCCC1)c1ccccc1. The minimum atomic E-state index is -3.17. The van der Waals surface area contributed by atoms with Crippen molar-refractivity contribution < 1.29 is 8.42 Å². The standard InChI is InChI=1S/C15H24N2O2S/c1-17(2)15(13-8-4-3-5-9-13)12-16-20(18,19)14-10-6-7-11-14/h3-5,8-9,14-16H,6-7,10-12H2,1-2H3. The average molecular weight is 296 g/mol. The topological polar surface area (TPSA) is 49.4 Å². The van der Waals surface area contributed by atoms with Crippen LogP contribution in [0.3, 0.4) is 0 Å². The molecule has 0 saturated heterocycles. The Hall–Kier alpha value is -0.910. The zero-order chi connectivity index (χ0) is 14.6. The highest BCUT2D eigenvalue weighted by Crippen LogP contribution is 2.24. The quantitative estimate of drug-likeness (QED) is 0.875. The number of hydrogen-bond acceptors (Lipinski definition) is 3. The molecule has 20 heavy (non-hydrogen) atoms. The minimum absolute atomic E-state index is 0.0624. The Morgan fingerprint density at radius 2 is 1.80 bits per heavy atom. The Morgan fingerprint density at radius 3 is 2.35 bits per heavy atom. The minimum Gasteiger partial charge on any atom is -0.301 e. The highest BCUT2D eigenvalue weighted by molar-refractivity contribution is 7.90. The summed E-state index contributed by atoms with van der Waals surface area (Å²) in [4.78, 5) is 2.05. The third-order valence-corrected chi connectivity index (χ3v) is 5.94. The van der Waals surface area contributed by atoms with Gasteiger partial charge in [0.1, 0.15) is 0 Å². The van der Waals surface area contributed by atoms with Crippen molar-refractivity contribution >= 4 is 10.0 Å². The van der Waals surface area contributed by atoms with Gasteiger partial charge in [0.15, 0.2) is 0 Å². The molecule has 4 nitrogen and oxygen atoms in total. The van der Waals surface area contributed by atoms with Crippen molar-refractivity contribution in [3.8, 4) is 0 Å². The van der Waals surface area contributed by atoms with E-state index in [0.29, 0.717) is 6.54 Å². The summed E-state index contributed by atoms with van der Waals surface area (Å²) in [5, 5.41) is -0.193. The number of sulfonamides is 1. The predicted molar refractivity (Wildman–Crippen MR) is 82.0 cm³/mol. The first-order chi connectivity index (χ1) is 9.50. The van der Waals surface area contributed by atoms with E-state index in [1.165, 1.54) is 0 Å². The van der Waals surface area contributed by atoms with Crippen molar-refractivity contribution in [2.45, 2.75) is 37.0 Å². The van der Waals surface area contributed by atoms with E-state index in [2.05, 4.69) is 4.72 Å². The normalized spacial score (nSPS) is 18.6. The van der Waals surface area contributed by atoms with Gasteiger partial charge in [0.25, 0.3) is 0 Å². The lowest BCUT2D eigenvalue weighted by Crippen LogP contribution is -2.38. The number of nitrogens with zero attached hydrogens (tertiary/aromatic N) is 1. The molecule has 1 aromatic rings. The maximum absolute atomic E-state index is 12.3. The second-order valence-corrected chi connectivity index (χ2v) is 7.74. The van der Waals surface area contributed by atoms with Crippen LogP contribution in [0.4, 0.5) is 0 Å². The molecular weight excluding hydrogens is 272 g/mol. The molecule has 1 aromatic carbocycles. The molecule has 1 aliphatic carbocycles. The molecule has 0 aromatic heterocycles. The molecule has 1 saturated carbocycles. The summed E-state index contributed by atoms with van der Waals surface area (Å²) in [5.74, 6) is 0. The van der Waals surface area contributed by atoms with Crippen LogP contribution >= 0.6 is 0 Å². The van der Waals surface area contributed by atoms with Gasteiger partial charge in [0, 0.05) is 12.6 Å². The van der Waals surface area contributed by atoms with Crippen LogP contribution in [-0.2, 0) is 10.0 Å². The van der Waals surface area contributed by atoms with Crippen LogP contribution in [0.2, 0.25) is 0 Å². The average Bonchev–Trinajstić information content (AvgIpc) is 2.94. The molecule has 0 spiro atoms. The third kappa shape index (κ3) is 3.81. The Balaban J connectivity index is 2.03. The number of likely N-dealkylation sites (N-methyl/N-ethyl adjacent to an activating group) is 1. The molecule has 1 atom stereocenters. The predicted octanol–water partition coefficient (Wildman–Crippen LogP) is 2.15. The second-order valence-electron chi connectivity index (χ2n) is 5.69. The van der Waals surface area contributed by atoms with E-state index in [1.54, 1.807) is 0 Å². The van der Waals surface area contributed by atoms with Gasteiger partial charge < -0.3 is 4.90 Å². The van der Waals surface area contributed by atoms with E-state index in [9.17, 15) is 8.42 Å². The summed E-state index contributed by atoms with van der Waals surface area (Å²) >= 11 is 0. The Bertz CT molecular complexity index is 508. The van der Waals surface area contributed by atoms with Crippen LogP contribution in [0.15, 0.2) is 30.3 Å². The van der Waals surface area contributed by atoms with Crippen LogP contribution < -0.4 is 4.72 Å². The maximum atomic E-state index is 12.3. The molecule has 0 bridgehead atoms. The van der Waals surface area contributed by atoms with Gasteiger partial charge in [-0.2, -0.15) is 0 Å². The molecule has 0 radical (unpaired) electrons. The van der Waals surface area contributed by atoms with Crippen LogP contribution in [0.1, 0.15) is 37.3 Å². The van der Waals surface area contributed by atoms with Crippen LogP contribution in [0, 0.1) is 0 Å². The smallest absolute Gasteiger partial charge is 0.214 e. The van der Waals surface area contributed by atoms with E-state index in [-0.39, 0.29) is 11.3 Å². The summed E-state index contributed by atoms with van der Waals surface area (Å²) in [5.41, 5.74) is 1.13. The van der Waals surface area contributed by atoms with Crippen LogP contribution in [0.5, 0.6) is 0 Å². The van der Waals surface area contributed by atoms with Crippen molar-refractivity contribution in [1.82, 2.24) is 9.62 Å². The number of rotatable bonds is 6. The van der Waals surface area contributed by atoms with Crippen molar-refractivity contribution in [2.75, 3.05) is 20.6 Å². The molecule has 1 aliphatic rings. The molecule has 112 valence electrons. The molecule has 2 rings (SSSR count). The van der Waals surface area contributed by atoms with Crippen LogP contribution in [-0.4, -0.2) is 39.2 Å². The molecule has 1 N–H and O–H groups in total. The summed E-state index contributed by atoms with van der Waals surface area (Å²) < 4.78 is 27.3. The van der Waals surface area contributed by atoms with Crippen LogP contribution in [0.25, 0.3) is 0 Å². The van der Waals surface area contributed by atoms with Crippen molar-refractivity contribution in [3.05, 3.63) is 35.9 Å². The zero-order valence-electron chi connectivity index (χ0n) is 12.2. The Labute approximate surface area is 122 Å². The highest BCUT2D eigenvalue weighted by Gasteiger charge is 2.29. The lowest BCUT2D eigenvalue weighted by Gasteiger charge is -2.25. The molecule has 1 fully saturated rings. The molecule has 1 unspecified atom stereocenters. The van der Waals surface area contributed by atoms with Crippen molar-refractivity contribution in [2.24, 2.45) is 0 Å². The highest BCUT2D eigenvalue weighted by atomic mass is 32.2. The number of nitrogens with one attached hydrogen (secondary N) is 1. The van der Waals surface area contributed by atoms with Gasteiger partial charge in [-0.25, -0.2) is 13.1 Å². The van der Waals surface area contributed by atoms with E-state index in [0.717, 1.165) is 31.2 Å². The lowest BCUT2D eigenvalue weighted by molar-refractivity contribution is 0.299. The molecule has 5 heteroatoms. The summed E-state index contributed by atoms with van der Waals surface area (Å²) in [7, 11) is 0.774. The fraction of sp³-hybridized carbons (Fsp3) is 0.600. The van der Waals surface area contributed by atoms with Gasteiger partial charge in [-0.05, 0) is 32.5 Å². The Morgan fingerprint density at radius 1 is 1.20 bits per heavy atom.